The second kappa shape index (κ2) is 7.20. The van der Waals surface area contributed by atoms with Crippen LogP contribution in [0.25, 0.3) is 11.0 Å². The van der Waals surface area contributed by atoms with Crippen LogP contribution < -0.4 is 5.56 Å². The third-order valence-corrected chi connectivity index (χ3v) is 3.92. The summed E-state index contributed by atoms with van der Waals surface area (Å²) in [5.41, 5.74) is 0.492. The van der Waals surface area contributed by atoms with Crippen LogP contribution in [0.4, 0.5) is 0 Å². The number of nitriles is 1. The fourth-order valence-electron chi connectivity index (χ4n) is 2.28. The Balaban J connectivity index is 0.00000220. The van der Waals surface area contributed by atoms with Crippen LogP contribution >= 0.6 is 11.8 Å². The van der Waals surface area contributed by atoms with Gasteiger partial charge in [-0.3, -0.25) is 9.36 Å². The first-order chi connectivity index (χ1) is 9.65. The van der Waals surface area contributed by atoms with E-state index in [0.717, 1.165) is 18.2 Å². The minimum absolute atomic E-state index is 0. The van der Waals surface area contributed by atoms with Crippen molar-refractivity contribution in [1.82, 2.24) is 14.5 Å². The SMILES string of the molecule is CCC(CC)n1c(=O)c(C#N)cc2cnc(SC)nc21.O. The number of aromatic nitrogens is 3. The van der Waals surface area contributed by atoms with E-state index in [1.165, 1.54) is 11.8 Å². The van der Waals surface area contributed by atoms with Gasteiger partial charge in [0.2, 0.25) is 0 Å². The van der Waals surface area contributed by atoms with Gasteiger partial charge in [0, 0.05) is 17.6 Å². The van der Waals surface area contributed by atoms with Crippen LogP contribution in [0.2, 0.25) is 0 Å². The van der Waals surface area contributed by atoms with Gasteiger partial charge in [-0.25, -0.2) is 9.97 Å². The van der Waals surface area contributed by atoms with Crippen LogP contribution in [0.3, 0.4) is 0 Å². The Morgan fingerprint density at radius 2 is 2.10 bits per heavy atom. The van der Waals surface area contributed by atoms with Gasteiger partial charge < -0.3 is 5.48 Å². The van der Waals surface area contributed by atoms with Gasteiger partial charge in [-0.1, -0.05) is 25.6 Å². The highest BCUT2D eigenvalue weighted by Crippen LogP contribution is 2.21. The minimum Gasteiger partial charge on any atom is -0.412 e. The molecule has 0 unspecified atom stereocenters. The molecule has 0 radical (unpaired) electrons. The van der Waals surface area contributed by atoms with E-state index in [-0.39, 0.29) is 22.6 Å². The van der Waals surface area contributed by atoms with E-state index < -0.39 is 0 Å². The lowest BCUT2D eigenvalue weighted by Gasteiger charge is -2.18. The van der Waals surface area contributed by atoms with Gasteiger partial charge in [0.05, 0.1) is 0 Å². The van der Waals surface area contributed by atoms with Crippen molar-refractivity contribution < 1.29 is 5.48 Å². The van der Waals surface area contributed by atoms with Crippen LogP contribution in [0.5, 0.6) is 0 Å². The van der Waals surface area contributed by atoms with E-state index in [0.29, 0.717) is 10.8 Å². The maximum absolute atomic E-state index is 12.4. The van der Waals surface area contributed by atoms with E-state index >= 15 is 0 Å². The number of fused-ring (bicyclic) bond motifs is 1. The highest BCUT2D eigenvalue weighted by Gasteiger charge is 2.17. The molecule has 0 aliphatic rings. The lowest BCUT2D eigenvalue weighted by molar-refractivity contribution is 0.468. The zero-order valence-corrected chi connectivity index (χ0v) is 13.1. The number of rotatable bonds is 4. The van der Waals surface area contributed by atoms with Gasteiger partial charge >= 0.3 is 0 Å². The van der Waals surface area contributed by atoms with Gasteiger partial charge in [0.1, 0.15) is 17.3 Å². The van der Waals surface area contributed by atoms with Gasteiger partial charge in [-0.15, -0.1) is 0 Å². The summed E-state index contributed by atoms with van der Waals surface area (Å²) in [5.74, 6) is 0. The molecule has 6 nitrogen and oxygen atoms in total. The molecule has 0 spiro atoms. The smallest absolute Gasteiger partial charge is 0.270 e. The van der Waals surface area contributed by atoms with Crippen molar-refractivity contribution in [3.8, 4) is 6.07 Å². The maximum atomic E-state index is 12.4. The number of thioether (sulfide) groups is 1. The highest BCUT2D eigenvalue weighted by atomic mass is 32.2. The average Bonchev–Trinajstić information content (AvgIpc) is 2.49. The zero-order chi connectivity index (χ0) is 14.7. The summed E-state index contributed by atoms with van der Waals surface area (Å²) in [6.07, 6.45) is 5.20. The standard InChI is InChI=1S/C14H16N4OS.H2O/c1-4-11(5-2)18-12-10(6-9(7-15)13(18)19)8-16-14(17-12)20-3;/h6,8,11H,4-5H2,1-3H3;1H2. The first-order valence-electron chi connectivity index (χ1n) is 6.52. The van der Waals surface area contributed by atoms with Crippen LogP contribution in [0, 0.1) is 11.3 Å². The summed E-state index contributed by atoms with van der Waals surface area (Å²) in [4.78, 5) is 21.1. The first kappa shape index (κ1) is 17.1. The first-order valence-corrected chi connectivity index (χ1v) is 7.75. The molecule has 2 heterocycles. The summed E-state index contributed by atoms with van der Waals surface area (Å²) in [6.45, 7) is 4.06. The van der Waals surface area contributed by atoms with Gasteiger partial charge in [-0.05, 0) is 25.2 Å². The van der Waals surface area contributed by atoms with Crippen molar-refractivity contribution in [2.45, 2.75) is 37.9 Å². The summed E-state index contributed by atoms with van der Waals surface area (Å²) >= 11 is 1.43. The lowest BCUT2D eigenvalue weighted by Crippen LogP contribution is -2.27. The second-order valence-electron chi connectivity index (χ2n) is 4.45. The van der Waals surface area contributed by atoms with Crippen molar-refractivity contribution in [3.63, 3.8) is 0 Å². The Morgan fingerprint density at radius 3 is 2.62 bits per heavy atom. The highest BCUT2D eigenvalue weighted by molar-refractivity contribution is 7.98. The quantitative estimate of drug-likeness (QED) is 0.634. The Bertz CT molecular complexity index is 732. The third kappa shape index (κ3) is 3.06. The molecule has 2 rings (SSSR count). The summed E-state index contributed by atoms with van der Waals surface area (Å²) < 4.78 is 1.65. The fourth-order valence-corrected chi connectivity index (χ4v) is 2.61. The molecule has 21 heavy (non-hydrogen) atoms. The summed E-state index contributed by atoms with van der Waals surface area (Å²) in [5, 5.41) is 10.5. The Hall–Kier alpha value is -1.91. The van der Waals surface area contributed by atoms with Crippen molar-refractivity contribution in [2.75, 3.05) is 6.26 Å². The Morgan fingerprint density at radius 1 is 1.43 bits per heavy atom. The number of hydrogen-bond acceptors (Lipinski definition) is 5. The number of hydrogen-bond donors (Lipinski definition) is 0. The molecule has 0 fully saturated rings. The molecule has 2 N–H and O–H groups in total. The molecular formula is C14H18N4O2S. The minimum atomic E-state index is -0.264. The van der Waals surface area contributed by atoms with Crippen molar-refractivity contribution in [2.24, 2.45) is 0 Å². The molecule has 0 aliphatic heterocycles. The Kier molecular flexibility index (Phi) is 5.88. The third-order valence-electron chi connectivity index (χ3n) is 3.36. The van der Waals surface area contributed by atoms with E-state index in [1.54, 1.807) is 16.8 Å². The molecule has 0 amide bonds. The monoisotopic (exact) mass is 306 g/mol. The van der Waals surface area contributed by atoms with E-state index in [4.69, 9.17) is 5.26 Å². The normalized spacial score (nSPS) is 10.4. The van der Waals surface area contributed by atoms with Crippen molar-refractivity contribution in [3.05, 3.63) is 28.2 Å². The molecule has 0 aliphatic carbocycles. The van der Waals surface area contributed by atoms with E-state index in [2.05, 4.69) is 9.97 Å². The molecule has 0 aromatic carbocycles. The Labute approximate surface area is 127 Å². The predicted molar refractivity (Wildman–Crippen MR) is 83.5 cm³/mol. The largest absolute Gasteiger partial charge is 0.412 e. The molecule has 7 heteroatoms. The maximum Gasteiger partial charge on any atom is 0.270 e. The zero-order valence-electron chi connectivity index (χ0n) is 12.3. The van der Waals surface area contributed by atoms with Crippen LogP contribution in [-0.4, -0.2) is 26.3 Å². The molecule has 0 atom stereocenters. The summed E-state index contributed by atoms with van der Waals surface area (Å²) in [6, 6.07) is 3.58. The molecule has 112 valence electrons. The molecule has 2 aromatic rings. The van der Waals surface area contributed by atoms with Crippen LogP contribution in [0.15, 0.2) is 22.2 Å². The molecule has 0 saturated heterocycles. The van der Waals surface area contributed by atoms with Crippen molar-refractivity contribution in [1.29, 1.82) is 5.26 Å². The number of pyridine rings is 1. The summed E-state index contributed by atoms with van der Waals surface area (Å²) in [7, 11) is 0. The van der Waals surface area contributed by atoms with Crippen molar-refractivity contribution >= 4 is 22.8 Å². The molecule has 0 bridgehead atoms. The second-order valence-corrected chi connectivity index (χ2v) is 5.22. The van der Waals surface area contributed by atoms with Gasteiger partial charge in [-0.2, -0.15) is 5.26 Å². The number of nitrogens with zero attached hydrogens (tertiary/aromatic N) is 4. The molecule has 0 saturated carbocycles. The predicted octanol–water partition coefficient (Wildman–Crippen LogP) is 1.92. The van der Waals surface area contributed by atoms with Gasteiger partial charge in [0.25, 0.3) is 5.56 Å². The molecular weight excluding hydrogens is 288 g/mol. The van der Waals surface area contributed by atoms with Gasteiger partial charge in [0.15, 0.2) is 5.16 Å². The topological polar surface area (TPSA) is 103 Å². The lowest BCUT2D eigenvalue weighted by atomic mass is 10.1. The van der Waals surface area contributed by atoms with E-state index in [1.807, 2.05) is 26.2 Å². The molecule has 2 aromatic heterocycles. The average molecular weight is 306 g/mol. The fraction of sp³-hybridized carbons (Fsp3) is 0.429. The van der Waals surface area contributed by atoms with Crippen LogP contribution in [0.1, 0.15) is 38.3 Å². The van der Waals surface area contributed by atoms with Crippen LogP contribution in [-0.2, 0) is 0 Å². The van der Waals surface area contributed by atoms with E-state index in [9.17, 15) is 4.79 Å².